The Morgan fingerprint density at radius 1 is 0.955 bits per heavy atom. The molecule has 0 saturated carbocycles. The first kappa shape index (κ1) is 14.9. The lowest BCUT2D eigenvalue weighted by molar-refractivity contribution is 0.447. The fourth-order valence-corrected chi connectivity index (χ4v) is 3.12. The number of allylic oxidation sites excluding steroid dienone is 2. The number of rotatable bonds is 2. The number of hydrogen-bond donors (Lipinski definition) is 0. The lowest BCUT2D eigenvalue weighted by Crippen LogP contribution is -2.12. The van der Waals surface area contributed by atoms with Gasteiger partial charge in [0.1, 0.15) is 0 Å². The van der Waals surface area contributed by atoms with Crippen molar-refractivity contribution in [2.24, 2.45) is 5.92 Å². The van der Waals surface area contributed by atoms with Crippen molar-refractivity contribution in [3.05, 3.63) is 71.1 Å². The van der Waals surface area contributed by atoms with E-state index in [1.54, 1.807) is 0 Å². The van der Waals surface area contributed by atoms with Crippen molar-refractivity contribution in [1.29, 1.82) is 0 Å². The van der Waals surface area contributed by atoms with Crippen molar-refractivity contribution in [1.82, 2.24) is 0 Å². The molecule has 1 aliphatic rings. The van der Waals surface area contributed by atoms with Gasteiger partial charge in [-0.05, 0) is 66.5 Å². The molecule has 0 bridgehead atoms. The lowest BCUT2D eigenvalue weighted by Gasteiger charge is -2.23. The Morgan fingerprint density at radius 3 is 2.36 bits per heavy atom. The van der Waals surface area contributed by atoms with Gasteiger partial charge in [-0.25, -0.2) is 13.2 Å². The molecule has 0 saturated heterocycles. The van der Waals surface area contributed by atoms with Crippen LogP contribution in [0.1, 0.15) is 24.5 Å². The van der Waals surface area contributed by atoms with E-state index in [0.717, 1.165) is 37.0 Å². The molecule has 1 unspecified atom stereocenters. The van der Waals surface area contributed by atoms with Crippen molar-refractivity contribution >= 4 is 0 Å². The number of hydrogen-bond acceptors (Lipinski definition) is 0. The molecular formula is C19H17F3. The van der Waals surface area contributed by atoms with Gasteiger partial charge in [0.15, 0.2) is 17.5 Å². The van der Waals surface area contributed by atoms with E-state index in [4.69, 9.17) is 0 Å². The molecule has 2 aromatic carbocycles. The zero-order valence-electron chi connectivity index (χ0n) is 12.4. The van der Waals surface area contributed by atoms with Crippen molar-refractivity contribution in [3.8, 4) is 11.1 Å². The van der Waals surface area contributed by atoms with Crippen LogP contribution in [0.15, 0.2) is 42.5 Å². The van der Waals surface area contributed by atoms with Gasteiger partial charge >= 0.3 is 0 Å². The fourth-order valence-electron chi connectivity index (χ4n) is 3.12. The predicted molar refractivity (Wildman–Crippen MR) is 82.1 cm³/mol. The largest absolute Gasteiger partial charge is 0.204 e. The molecule has 0 radical (unpaired) electrons. The zero-order valence-corrected chi connectivity index (χ0v) is 12.4. The second-order valence-electron chi connectivity index (χ2n) is 5.77. The van der Waals surface area contributed by atoms with Crippen LogP contribution in [0.3, 0.4) is 0 Å². The minimum Gasteiger partial charge on any atom is -0.204 e. The molecule has 0 fully saturated rings. The normalized spacial score (nSPS) is 17.7. The second-order valence-corrected chi connectivity index (χ2v) is 5.77. The molecule has 3 rings (SSSR count). The van der Waals surface area contributed by atoms with E-state index < -0.39 is 17.5 Å². The third-order valence-corrected chi connectivity index (χ3v) is 4.25. The number of aryl methyl sites for hydroxylation is 1. The average molecular weight is 302 g/mol. The first-order valence-electron chi connectivity index (χ1n) is 7.48. The molecule has 0 amide bonds. The molecule has 22 heavy (non-hydrogen) atoms. The number of fused-ring (bicyclic) bond motifs is 1. The molecule has 0 aromatic heterocycles. The predicted octanol–water partition coefficient (Wildman–Crippen LogP) is 5.45. The summed E-state index contributed by atoms with van der Waals surface area (Å²) in [6, 6.07) is 7.92. The third-order valence-electron chi connectivity index (χ3n) is 4.25. The maximum atomic E-state index is 13.4. The quantitative estimate of drug-likeness (QED) is 0.511. The van der Waals surface area contributed by atoms with Crippen molar-refractivity contribution < 1.29 is 13.2 Å². The maximum absolute atomic E-state index is 13.4. The van der Waals surface area contributed by atoms with Crippen LogP contribution in [0.2, 0.25) is 0 Å². The Hall–Kier alpha value is -2.03. The van der Waals surface area contributed by atoms with Crippen LogP contribution in [0.25, 0.3) is 11.1 Å². The molecule has 3 heteroatoms. The molecule has 2 aromatic rings. The third kappa shape index (κ3) is 2.80. The number of halogens is 3. The highest BCUT2D eigenvalue weighted by molar-refractivity contribution is 5.65. The van der Waals surface area contributed by atoms with E-state index in [9.17, 15) is 13.2 Å². The molecular weight excluding hydrogens is 285 g/mol. The van der Waals surface area contributed by atoms with Gasteiger partial charge in [-0.15, -0.1) is 0 Å². The highest BCUT2D eigenvalue weighted by atomic mass is 19.2. The Morgan fingerprint density at radius 2 is 1.68 bits per heavy atom. The highest BCUT2D eigenvalue weighted by Gasteiger charge is 2.18. The van der Waals surface area contributed by atoms with Gasteiger partial charge in [-0.2, -0.15) is 0 Å². The average Bonchev–Trinajstić information content (AvgIpc) is 2.52. The summed E-state index contributed by atoms with van der Waals surface area (Å²) in [7, 11) is 0. The Bertz CT molecular complexity index is 708. The molecule has 0 aliphatic heterocycles. The molecule has 1 atom stereocenters. The van der Waals surface area contributed by atoms with Gasteiger partial charge in [0.05, 0.1) is 0 Å². The zero-order chi connectivity index (χ0) is 15.7. The Balaban J connectivity index is 1.95. The summed E-state index contributed by atoms with van der Waals surface area (Å²) in [4.78, 5) is 0. The van der Waals surface area contributed by atoms with Crippen LogP contribution in [-0.2, 0) is 12.8 Å². The monoisotopic (exact) mass is 302 g/mol. The molecule has 0 heterocycles. The van der Waals surface area contributed by atoms with Gasteiger partial charge < -0.3 is 0 Å². The van der Waals surface area contributed by atoms with Gasteiger partial charge in [-0.3, -0.25) is 0 Å². The van der Waals surface area contributed by atoms with Crippen molar-refractivity contribution in [3.63, 3.8) is 0 Å². The van der Waals surface area contributed by atoms with E-state index in [-0.39, 0.29) is 0 Å². The molecule has 0 spiro atoms. The van der Waals surface area contributed by atoms with E-state index in [1.807, 2.05) is 25.1 Å². The smallest absolute Gasteiger partial charge is 0.194 e. The second kappa shape index (κ2) is 5.99. The topological polar surface area (TPSA) is 0 Å². The molecule has 0 nitrogen and oxygen atoms in total. The standard InChI is InChI=1S/C19H17F3/c1-2-3-12-4-5-14-9-15(7-6-13(14)8-12)16-10-17(20)19(22)18(21)11-16/h2-3,6-7,9-12H,4-5,8H2,1H3/b3-2+. The van der Waals surface area contributed by atoms with E-state index in [1.165, 1.54) is 11.1 Å². The van der Waals surface area contributed by atoms with E-state index >= 15 is 0 Å². The van der Waals surface area contributed by atoms with Crippen LogP contribution >= 0.6 is 0 Å². The Kier molecular flexibility index (Phi) is 4.06. The SMILES string of the molecule is C/C=C/C1CCc2cc(-c3cc(F)c(F)c(F)c3)ccc2C1. The van der Waals surface area contributed by atoms with E-state index in [0.29, 0.717) is 11.5 Å². The van der Waals surface area contributed by atoms with Crippen LogP contribution in [0.4, 0.5) is 13.2 Å². The lowest BCUT2D eigenvalue weighted by atomic mass is 9.82. The minimum absolute atomic E-state index is 0.370. The molecule has 114 valence electrons. The summed E-state index contributed by atoms with van der Waals surface area (Å²) >= 11 is 0. The first-order valence-corrected chi connectivity index (χ1v) is 7.48. The summed E-state index contributed by atoms with van der Waals surface area (Å²) in [6.07, 6.45) is 7.32. The summed E-state index contributed by atoms with van der Waals surface area (Å²) < 4.78 is 39.8. The van der Waals surface area contributed by atoms with Crippen LogP contribution < -0.4 is 0 Å². The van der Waals surface area contributed by atoms with Crippen molar-refractivity contribution in [2.75, 3.05) is 0 Å². The molecule has 1 aliphatic carbocycles. The maximum Gasteiger partial charge on any atom is 0.194 e. The van der Waals surface area contributed by atoms with Gasteiger partial charge in [0, 0.05) is 0 Å². The minimum atomic E-state index is -1.42. The Labute approximate surface area is 128 Å². The van der Waals surface area contributed by atoms with E-state index in [2.05, 4.69) is 12.2 Å². The highest BCUT2D eigenvalue weighted by Crippen LogP contribution is 2.31. The van der Waals surface area contributed by atoms with Crippen molar-refractivity contribution in [2.45, 2.75) is 26.2 Å². The number of benzene rings is 2. The van der Waals surface area contributed by atoms with Gasteiger partial charge in [0.2, 0.25) is 0 Å². The summed E-state index contributed by atoms with van der Waals surface area (Å²) in [6.45, 7) is 2.02. The summed E-state index contributed by atoms with van der Waals surface area (Å²) in [5, 5.41) is 0. The molecule has 0 N–H and O–H groups in total. The summed E-state index contributed by atoms with van der Waals surface area (Å²) in [5.74, 6) is -3.17. The first-order chi connectivity index (χ1) is 10.6. The fraction of sp³-hybridized carbons (Fsp3) is 0.263. The van der Waals surface area contributed by atoms with Crippen LogP contribution in [0, 0.1) is 23.4 Å². The summed E-state index contributed by atoms with van der Waals surface area (Å²) in [5.41, 5.74) is 3.58. The van der Waals surface area contributed by atoms with Crippen LogP contribution in [0.5, 0.6) is 0 Å². The van der Waals surface area contributed by atoms with Gasteiger partial charge in [0.25, 0.3) is 0 Å². The van der Waals surface area contributed by atoms with Gasteiger partial charge in [-0.1, -0.05) is 30.4 Å². The van der Waals surface area contributed by atoms with Crippen LogP contribution in [-0.4, -0.2) is 0 Å².